The third-order valence-corrected chi connectivity index (χ3v) is 7.07. The second-order valence-electron chi connectivity index (χ2n) is 7.68. The van der Waals surface area contributed by atoms with Gasteiger partial charge in [0.1, 0.15) is 5.82 Å². The van der Waals surface area contributed by atoms with Crippen LogP contribution in [-0.2, 0) is 38.1 Å². The van der Waals surface area contributed by atoms with Gasteiger partial charge in [0.15, 0.2) is 0 Å². The van der Waals surface area contributed by atoms with E-state index in [4.69, 9.17) is 21.1 Å². The molecule has 0 amide bonds. The Morgan fingerprint density at radius 2 is 1.55 bits per heavy atom. The molecular weight excluding hydrogens is 483 g/mol. The van der Waals surface area contributed by atoms with Crippen LogP contribution in [0.3, 0.4) is 0 Å². The maximum atomic E-state index is 13.4. The van der Waals surface area contributed by atoms with Crippen LogP contribution in [0.15, 0.2) is 23.1 Å². The molecule has 2 fully saturated rings. The molecular formula is C21H22ClFO9S. The van der Waals surface area contributed by atoms with Crippen LogP contribution in [0.4, 0.5) is 4.39 Å². The first-order chi connectivity index (χ1) is 15.6. The number of benzene rings is 1. The van der Waals surface area contributed by atoms with E-state index >= 15 is 0 Å². The lowest BCUT2D eigenvalue weighted by molar-refractivity contribution is -0.171. The molecule has 1 aromatic rings. The SMILES string of the molecule is CC(=O)OCOC(=O)C1C2[C@@H]([C@H](O)[C@H]1CSc1ccc(F)c(Cl)c1)[C@@H]2C(=O)OCOC(C)=O. The first-order valence-electron chi connectivity index (χ1n) is 9.97. The lowest BCUT2D eigenvalue weighted by Crippen LogP contribution is -2.36. The van der Waals surface area contributed by atoms with E-state index in [1.807, 2.05) is 0 Å². The van der Waals surface area contributed by atoms with Gasteiger partial charge in [-0.15, -0.1) is 11.8 Å². The molecule has 12 heteroatoms. The fraction of sp³-hybridized carbons (Fsp3) is 0.524. The number of thioether (sulfide) groups is 1. The summed E-state index contributed by atoms with van der Waals surface area (Å²) in [6.45, 7) is 1.17. The molecule has 6 atom stereocenters. The molecule has 180 valence electrons. The zero-order chi connectivity index (χ0) is 24.3. The van der Waals surface area contributed by atoms with E-state index in [1.54, 1.807) is 0 Å². The van der Waals surface area contributed by atoms with E-state index in [9.17, 15) is 28.7 Å². The number of rotatable bonds is 9. The molecule has 1 aromatic carbocycles. The molecule has 0 aliphatic heterocycles. The number of hydrogen-bond donors (Lipinski definition) is 1. The molecule has 0 saturated heterocycles. The van der Waals surface area contributed by atoms with Crippen molar-refractivity contribution in [3.63, 3.8) is 0 Å². The topological polar surface area (TPSA) is 125 Å². The van der Waals surface area contributed by atoms with Gasteiger partial charge < -0.3 is 24.1 Å². The molecule has 2 aliphatic carbocycles. The predicted molar refractivity (Wildman–Crippen MR) is 111 cm³/mol. The van der Waals surface area contributed by atoms with Crippen molar-refractivity contribution in [1.29, 1.82) is 0 Å². The van der Waals surface area contributed by atoms with Gasteiger partial charge in [0.05, 0.1) is 23.0 Å². The van der Waals surface area contributed by atoms with Crippen molar-refractivity contribution < 1.29 is 47.6 Å². The minimum absolute atomic E-state index is 0.0530. The number of carbonyl (C=O) groups is 4. The zero-order valence-electron chi connectivity index (χ0n) is 17.7. The van der Waals surface area contributed by atoms with Gasteiger partial charge in [-0.25, -0.2) is 4.39 Å². The Morgan fingerprint density at radius 1 is 0.970 bits per heavy atom. The molecule has 0 heterocycles. The van der Waals surface area contributed by atoms with Gasteiger partial charge in [-0.2, -0.15) is 0 Å². The van der Waals surface area contributed by atoms with Crippen molar-refractivity contribution >= 4 is 47.2 Å². The Morgan fingerprint density at radius 3 is 2.09 bits per heavy atom. The first-order valence-corrected chi connectivity index (χ1v) is 11.3. The Labute approximate surface area is 197 Å². The number of esters is 4. The number of hydrogen-bond acceptors (Lipinski definition) is 10. The summed E-state index contributed by atoms with van der Waals surface area (Å²) in [5.74, 6) is -6.27. The predicted octanol–water partition coefficient (Wildman–Crippen LogP) is 2.17. The van der Waals surface area contributed by atoms with Crippen molar-refractivity contribution in [3.05, 3.63) is 29.0 Å². The summed E-state index contributed by atoms with van der Waals surface area (Å²) >= 11 is 7.07. The van der Waals surface area contributed by atoms with E-state index in [0.717, 1.165) is 13.8 Å². The second kappa shape index (κ2) is 10.7. The van der Waals surface area contributed by atoms with Crippen LogP contribution in [-0.4, -0.2) is 54.4 Å². The van der Waals surface area contributed by atoms with E-state index in [2.05, 4.69) is 9.47 Å². The fourth-order valence-corrected chi connectivity index (χ4v) is 5.59. The number of halogens is 2. The van der Waals surface area contributed by atoms with E-state index in [-0.39, 0.29) is 10.8 Å². The quantitative estimate of drug-likeness (QED) is 0.304. The number of ether oxygens (including phenoxy) is 4. The summed E-state index contributed by atoms with van der Waals surface area (Å²) in [6, 6.07) is 4.18. The molecule has 1 N–H and O–H groups in total. The monoisotopic (exact) mass is 504 g/mol. The smallest absolute Gasteiger partial charge is 0.312 e. The third-order valence-electron chi connectivity index (χ3n) is 5.65. The van der Waals surface area contributed by atoms with Crippen molar-refractivity contribution in [2.24, 2.45) is 29.6 Å². The molecule has 9 nitrogen and oxygen atoms in total. The molecule has 2 saturated carbocycles. The number of aliphatic hydroxyl groups is 1. The highest BCUT2D eigenvalue weighted by atomic mass is 35.5. The molecule has 0 radical (unpaired) electrons. The van der Waals surface area contributed by atoms with Gasteiger partial charge in [-0.1, -0.05) is 11.6 Å². The van der Waals surface area contributed by atoms with Gasteiger partial charge in [0, 0.05) is 36.3 Å². The van der Waals surface area contributed by atoms with Crippen LogP contribution >= 0.6 is 23.4 Å². The summed E-state index contributed by atoms with van der Waals surface area (Å²) in [5, 5.41) is 10.8. The summed E-state index contributed by atoms with van der Waals surface area (Å²) in [5.41, 5.74) is 0. The number of aliphatic hydroxyl groups excluding tert-OH is 1. The summed E-state index contributed by atoms with van der Waals surface area (Å²) in [4.78, 5) is 47.6. The Balaban J connectivity index is 1.69. The third kappa shape index (κ3) is 5.96. The highest BCUT2D eigenvalue weighted by Gasteiger charge is 2.72. The first kappa shape index (κ1) is 25.3. The van der Waals surface area contributed by atoms with Crippen LogP contribution in [0.1, 0.15) is 13.8 Å². The van der Waals surface area contributed by atoms with E-state index in [0.29, 0.717) is 4.90 Å². The lowest BCUT2D eigenvalue weighted by Gasteiger charge is -2.25. The molecule has 0 aromatic heterocycles. The number of carbonyl (C=O) groups excluding carboxylic acids is 4. The summed E-state index contributed by atoms with van der Waals surface area (Å²) in [7, 11) is 0. The molecule has 0 spiro atoms. The van der Waals surface area contributed by atoms with Crippen LogP contribution in [0.25, 0.3) is 0 Å². The van der Waals surface area contributed by atoms with Gasteiger partial charge >= 0.3 is 23.9 Å². The van der Waals surface area contributed by atoms with Crippen LogP contribution in [0, 0.1) is 35.4 Å². The molecule has 33 heavy (non-hydrogen) atoms. The lowest BCUT2D eigenvalue weighted by atomic mass is 9.88. The summed E-state index contributed by atoms with van der Waals surface area (Å²) < 4.78 is 32.6. The molecule has 2 unspecified atom stereocenters. The van der Waals surface area contributed by atoms with Gasteiger partial charge in [-0.3, -0.25) is 19.2 Å². The van der Waals surface area contributed by atoms with Gasteiger partial charge in [0.2, 0.25) is 13.6 Å². The maximum absolute atomic E-state index is 13.4. The highest BCUT2D eigenvalue weighted by molar-refractivity contribution is 7.99. The van der Waals surface area contributed by atoms with Gasteiger partial charge in [-0.05, 0) is 24.1 Å². The molecule has 2 aliphatic rings. The highest BCUT2D eigenvalue weighted by Crippen LogP contribution is 2.64. The average Bonchev–Trinajstić information content (AvgIpc) is 3.40. The Hall–Kier alpha value is -2.37. The standard InChI is InChI=1S/C21H22ClFO9S/c1-9(24)29-7-31-20(27)15-12(6-33-11-3-4-14(23)13(22)5-11)19(26)17-16(15)18(17)21(28)32-8-30-10(2)25/h3-5,12,15-19,26H,6-8H2,1-2H3/t12-,15?,16?,17+,18+,19+/m0/s1. The molecule has 3 rings (SSSR count). The largest absolute Gasteiger partial charge is 0.428 e. The van der Waals surface area contributed by atoms with Crippen molar-refractivity contribution in [2.45, 2.75) is 24.8 Å². The van der Waals surface area contributed by atoms with Crippen LogP contribution in [0.5, 0.6) is 0 Å². The fourth-order valence-electron chi connectivity index (χ4n) is 4.19. The van der Waals surface area contributed by atoms with Crippen LogP contribution in [0.2, 0.25) is 5.02 Å². The molecule has 0 bridgehead atoms. The summed E-state index contributed by atoms with van der Waals surface area (Å²) in [6.07, 6.45) is -1.02. The van der Waals surface area contributed by atoms with E-state index in [1.165, 1.54) is 30.0 Å². The van der Waals surface area contributed by atoms with E-state index < -0.39 is 79.0 Å². The van der Waals surface area contributed by atoms with Crippen molar-refractivity contribution in [3.8, 4) is 0 Å². The minimum atomic E-state index is -1.02. The van der Waals surface area contributed by atoms with Crippen molar-refractivity contribution in [2.75, 3.05) is 19.3 Å². The maximum Gasteiger partial charge on any atom is 0.312 e. The average molecular weight is 505 g/mol. The zero-order valence-corrected chi connectivity index (χ0v) is 19.3. The van der Waals surface area contributed by atoms with Gasteiger partial charge in [0.25, 0.3) is 0 Å². The Bertz CT molecular complexity index is 942. The Kier molecular flexibility index (Phi) is 8.19. The second-order valence-corrected chi connectivity index (χ2v) is 9.18. The van der Waals surface area contributed by atoms with Crippen LogP contribution < -0.4 is 0 Å². The number of fused-ring (bicyclic) bond motifs is 1. The van der Waals surface area contributed by atoms with Crippen molar-refractivity contribution in [1.82, 2.24) is 0 Å². The normalized spacial score (nSPS) is 27.3. The minimum Gasteiger partial charge on any atom is -0.428 e.